The first-order valence-corrected chi connectivity index (χ1v) is 13.6. The molecule has 1 aromatic heterocycles. The van der Waals surface area contributed by atoms with Crippen LogP contribution >= 0.6 is 0 Å². The van der Waals surface area contributed by atoms with Gasteiger partial charge in [0.05, 0.1) is 17.8 Å². The molecule has 2 unspecified atom stereocenters. The third-order valence-electron chi connectivity index (χ3n) is 7.49. The number of carbonyl (C=O) groups excluding carboxylic acids is 1. The van der Waals surface area contributed by atoms with Crippen molar-refractivity contribution in [2.75, 3.05) is 31.1 Å². The summed E-state index contributed by atoms with van der Waals surface area (Å²) < 4.78 is 21.1. The SMILES string of the molecule is Cc1ccc(-c2cccc(C(=O)NC3CCN(Cc4ccc(N5CC(C)OC(C)C5)nc4)CC3)c2F)cc1. The molecule has 2 aromatic carbocycles. The molecular formula is C31H37FN4O2. The summed E-state index contributed by atoms with van der Waals surface area (Å²) in [6.45, 7) is 10.5. The van der Waals surface area contributed by atoms with Crippen LogP contribution in [0.1, 0.15) is 48.2 Å². The molecule has 2 aliphatic heterocycles. The van der Waals surface area contributed by atoms with Crippen LogP contribution in [0.3, 0.4) is 0 Å². The van der Waals surface area contributed by atoms with E-state index in [2.05, 4.69) is 41.1 Å². The number of morpholine rings is 1. The van der Waals surface area contributed by atoms with E-state index in [9.17, 15) is 4.79 Å². The predicted molar refractivity (Wildman–Crippen MR) is 149 cm³/mol. The molecular weight excluding hydrogens is 479 g/mol. The molecule has 2 saturated heterocycles. The smallest absolute Gasteiger partial charge is 0.254 e. The van der Waals surface area contributed by atoms with Gasteiger partial charge in [0, 0.05) is 50.5 Å². The lowest BCUT2D eigenvalue weighted by atomic mass is 9.99. The Labute approximate surface area is 224 Å². The second-order valence-corrected chi connectivity index (χ2v) is 10.7. The lowest BCUT2D eigenvalue weighted by Gasteiger charge is -2.36. The summed E-state index contributed by atoms with van der Waals surface area (Å²) in [4.78, 5) is 22.4. The molecule has 0 spiro atoms. The van der Waals surface area contributed by atoms with Crippen LogP contribution in [0, 0.1) is 12.7 Å². The highest BCUT2D eigenvalue weighted by Gasteiger charge is 2.25. The Kier molecular flexibility index (Phi) is 8.05. The third kappa shape index (κ3) is 6.22. The fourth-order valence-electron chi connectivity index (χ4n) is 5.48. The summed E-state index contributed by atoms with van der Waals surface area (Å²) in [6.07, 6.45) is 4.05. The van der Waals surface area contributed by atoms with Gasteiger partial charge in [0.15, 0.2) is 0 Å². The maximum atomic E-state index is 15.3. The minimum atomic E-state index is -0.469. The molecule has 1 N–H and O–H groups in total. The standard InChI is InChI=1S/C31H37FN4O2/c1-21-7-10-25(11-8-21)27-5-4-6-28(30(27)32)31(37)34-26-13-15-35(16-14-26)20-24-9-12-29(33-17-24)36-18-22(2)38-23(3)19-36/h4-12,17,22-23,26H,13-16,18-20H2,1-3H3,(H,34,37). The average molecular weight is 517 g/mol. The fourth-order valence-corrected chi connectivity index (χ4v) is 5.48. The van der Waals surface area contributed by atoms with Crippen molar-refractivity contribution in [3.63, 3.8) is 0 Å². The number of carbonyl (C=O) groups is 1. The van der Waals surface area contributed by atoms with Crippen molar-refractivity contribution >= 4 is 11.7 Å². The van der Waals surface area contributed by atoms with Gasteiger partial charge in [-0.1, -0.05) is 48.0 Å². The largest absolute Gasteiger partial charge is 0.372 e. The highest BCUT2D eigenvalue weighted by Crippen LogP contribution is 2.26. The molecule has 0 aliphatic carbocycles. The van der Waals surface area contributed by atoms with Crippen molar-refractivity contribution in [2.45, 2.75) is 58.4 Å². The van der Waals surface area contributed by atoms with E-state index in [4.69, 9.17) is 9.72 Å². The van der Waals surface area contributed by atoms with E-state index in [-0.39, 0.29) is 29.7 Å². The summed E-state index contributed by atoms with van der Waals surface area (Å²) in [6, 6.07) is 17.0. The number of hydrogen-bond donors (Lipinski definition) is 1. The number of piperidine rings is 1. The van der Waals surface area contributed by atoms with Crippen molar-refractivity contribution in [2.24, 2.45) is 0 Å². The van der Waals surface area contributed by atoms with Crippen LogP contribution in [0.15, 0.2) is 60.8 Å². The quantitative estimate of drug-likeness (QED) is 0.488. The number of ether oxygens (including phenoxy) is 1. The van der Waals surface area contributed by atoms with Crippen LogP contribution in [0.2, 0.25) is 0 Å². The van der Waals surface area contributed by atoms with Crippen LogP contribution in [-0.2, 0) is 11.3 Å². The topological polar surface area (TPSA) is 57.7 Å². The molecule has 1 amide bonds. The number of amides is 1. The van der Waals surface area contributed by atoms with Gasteiger partial charge < -0.3 is 15.0 Å². The van der Waals surface area contributed by atoms with Crippen LogP contribution in [0.25, 0.3) is 11.1 Å². The molecule has 5 rings (SSSR count). The number of benzene rings is 2. The van der Waals surface area contributed by atoms with Crippen LogP contribution in [0.4, 0.5) is 10.2 Å². The zero-order chi connectivity index (χ0) is 26.6. The summed E-state index contributed by atoms with van der Waals surface area (Å²) in [7, 11) is 0. The zero-order valence-electron chi connectivity index (χ0n) is 22.5. The number of aryl methyl sites for hydroxylation is 1. The summed E-state index contributed by atoms with van der Waals surface area (Å²) in [5.74, 6) is 0.181. The monoisotopic (exact) mass is 516 g/mol. The molecule has 3 heterocycles. The summed E-state index contributed by atoms with van der Waals surface area (Å²) >= 11 is 0. The number of aromatic nitrogens is 1. The molecule has 200 valence electrons. The number of rotatable bonds is 6. The molecule has 6 nitrogen and oxygen atoms in total. The van der Waals surface area contributed by atoms with Gasteiger partial charge in [-0.2, -0.15) is 0 Å². The zero-order valence-corrected chi connectivity index (χ0v) is 22.5. The molecule has 3 aromatic rings. The van der Waals surface area contributed by atoms with Crippen molar-refractivity contribution in [1.29, 1.82) is 0 Å². The Balaban J connectivity index is 1.13. The predicted octanol–water partition coefficient (Wildman–Crippen LogP) is 5.20. The van der Waals surface area contributed by atoms with Crippen molar-refractivity contribution in [1.82, 2.24) is 15.2 Å². The molecule has 0 saturated carbocycles. The van der Waals surface area contributed by atoms with Gasteiger partial charge in [-0.05, 0) is 56.9 Å². The van der Waals surface area contributed by atoms with E-state index in [1.54, 1.807) is 18.2 Å². The number of pyridine rings is 1. The number of likely N-dealkylation sites (tertiary alicyclic amines) is 1. The Morgan fingerprint density at radius 2 is 1.74 bits per heavy atom. The van der Waals surface area contributed by atoms with E-state index in [0.717, 1.165) is 62.5 Å². The Bertz CT molecular complexity index is 1230. The first-order chi connectivity index (χ1) is 18.4. The van der Waals surface area contributed by atoms with Gasteiger partial charge in [0.1, 0.15) is 11.6 Å². The highest BCUT2D eigenvalue weighted by atomic mass is 19.1. The van der Waals surface area contributed by atoms with Crippen LogP contribution in [-0.4, -0.2) is 60.2 Å². The average Bonchev–Trinajstić information content (AvgIpc) is 2.90. The molecule has 7 heteroatoms. The molecule has 2 aliphatic rings. The van der Waals surface area contributed by atoms with Gasteiger partial charge in [-0.3, -0.25) is 9.69 Å². The van der Waals surface area contributed by atoms with Gasteiger partial charge in [0.2, 0.25) is 0 Å². The second-order valence-electron chi connectivity index (χ2n) is 10.7. The van der Waals surface area contributed by atoms with E-state index in [1.165, 1.54) is 5.56 Å². The number of nitrogens with zero attached hydrogens (tertiary/aromatic N) is 3. The first-order valence-electron chi connectivity index (χ1n) is 13.6. The van der Waals surface area contributed by atoms with E-state index in [1.807, 2.05) is 37.4 Å². The van der Waals surface area contributed by atoms with Gasteiger partial charge >= 0.3 is 0 Å². The first kappa shape index (κ1) is 26.3. The molecule has 2 fully saturated rings. The van der Waals surface area contributed by atoms with E-state index in [0.29, 0.717) is 5.56 Å². The van der Waals surface area contributed by atoms with Gasteiger partial charge in [0.25, 0.3) is 5.91 Å². The molecule has 38 heavy (non-hydrogen) atoms. The third-order valence-corrected chi connectivity index (χ3v) is 7.49. The Hall–Kier alpha value is -3.29. The van der Waals surface area contributed by atoms with Crippen molar-refractivity contribution in [3.8, 4) is 11.1 Å². The maximum absolute atomic E-state index is 15.3. The summed E-state index contributed by atoms with van der Waals surface area (Å²) in [5.41, 5.74) is 3.61. The number of nitrogens with one attached hydrogen (secondary N) is 1. The summed E-state index contributed by atoms with van der Waals surface area (Å²) in [5, 5.41) is 3.07. The van der Waals surface area contributed by atoms with Crippen molar-refractivity contribution < 1.29 is 13.9 Å². The molecule has 0 radical (unpaired) electrons. The molecule has 2 atom stereocenters. The highest BCUT2D eigenvalue weighted by molar-refractivity contribution is 5.96. The van der Waals surface area contributed by atoms with E-state index < -0.39 is 5.82 Å². The van der Waals surface area contributed by atoms with Gasteiger partial charge in [-0.15, -0.1) is 0 Å². The lowest BCUT2D eigenvalue weighted by Crippen LogP contribution is -2.45. The van der Waals surface area contributed by atoms with E-state index >= 15 is 4.39 Å². The molecule has 0 bridgehead atoms. The van der Waals surface area contributed by atoms with Crippen LogP contribution in [0.5, 0.6) is 0 Å². The van der Waals surface area contributed by atoms with Gasteiger partial charge in [-0.25, -0.2) is 9.37 Å². The Morgan fingerprint density at radius 1 is 1.03 bits per heavy atom. The van der Waals surface area contributed by atoms with Crippen LogP contribution < -0.4 is 10.2 Å². The normalized spacial score (nSPS) is 20.9. The minimum Gasteiger partial charge on any atom is -0.372 e. The van der Waals surface area contributed by atoms with Crippen molar-refractivity contribution in [3.05, 3.63) is 83.3 Å². The fraction of sp³-hybridized carbons (Fsp3) is 0.419. The number of hydrogen-bond acceptors (Lipinski definition) is 5. The minimum absolute atomic E-state index is 0.0342. The number of anilines is 1. The second kappa shape index (κ2) is 11.6. The maximum Gasteiger partial charge on any atom is 0.254 e. The lowest BCUT2D eigenvalue weighted by molar-refractivity contribution is -0.00546. The Morgan fingerprint density at radius 3 is 2.39 bits per heavy atom. The number of halogens is 1.